The van der Waals surface area contributed by atoms with E-state index in [4.69, 9.17) is 9.47 Å². The van der Waals surface area contributed by atoms with Crippen molar-refractivity contribution in [2.45, 2.75) is 6.92 Å². The van der Waals surface area contributed by atoms with E-state index in [0.29, 0.717) is 28.6 Å². The van der Waals surface area contributed by atoms with Crippen molar-refractivity contribution in [1.29, 1.82) is 0 Å². The van der Waals surface area contributed by atoms with Crippen molar-refractivity contribution in [1.82, 2.24) is 15.6 Å². The highest BCUT2D eigenvalue weighted by Gasteiger charge is 2.13. The number of aromatic amines is 1. The van der Waals surface area contributed by atoms with Gasteiger partial charge in [0.05, 0.1) is 25.6 Å². The second kappa shape index (κ2) is 8.18. The van der Waals surface area contributed by atoms with Crippen LogP contribution >= 0.6 is 0 Å². The van der Waals surface area contributed by atoms with E-state index in [0.717, 1.165) is 11.1 Å². The SMILES string of the molecule is COc1ccc(-c2cc(C(=O)N/N=C(/C)c3ccccc3)[nH]n2)cc1OC. The lowest BCUT2D eigenvalue weighted by Crippen LogP contribution is -2.19. The molecule has 27 heavy (non-hydrogen) atoms. The lowest BCUT2D eigenvalue weighted by atomic mass is 10.1. The van der Waals surface area contributed by atoms with Crippen LogP contribution < -0.4 is 14.9 Å². The molecular weight excluding hydrogens is 344 g/mol. The van der Waals surface area contributed by atoms with Crippen LogP contribution in [-0.4, -0.2) is 36.0 Å². The van der Waals surface area contributed by atoms with Gasteiger partial charge in [-0.3, -0.25) is 9.89 Å². The maximum absolute atomic E-state index is 12.3. The van der Waals surface area contributed by atoms with E-state index < -0.39 is 0 Å². The third-order valence-electron chi connectivity index (χ3n) is 4.02. The predicted octanol–water partition coefficient (Wildman–Crippen LogP) is 3.25. The minimum absolute atomic E-state index is 0.310. The van der Waals surface area contributed by atoms with Gasteiger partial charge < -0.3 is 9.47 Å². The highest BCUT2D eigenvalue weighted by atomic mass is 16.5. The van der Waals surface area contributed by atoms with Crippen LogP contribution in [0, 0.1) is 0 Å². The van der Waals surface area contributed by atoms with E-state index in [9.17, 15) is 4.79 Å². The first-order valence-corrected chi connectivity index (χ1v) is 8.30. The van der Waals surface area contributed by atoms with Crippen LogP contribution in [0.1, 0.15) is 23.0 Å². The molecule has 1 heterocycles. The van der Waals surface area contributed by atoms with Crippen LogP contribution in [0.25, 0.3) is 11.3 Å². The fraction of sp³-hybridized carbons (Fsp3) is 0.150. The number of aromatic nitrogens is 2. The molecular formula is C20H20N4O3. The zero-order valence-corrected chi connectivity index (χ0v) is 15.3. The molecule has 0 aliphatic heterocycles. The van der Waals surface area contributed by atoms with Crippen molar-refractivity contribution in [3.63, 3.8) is 0 Å². The molecule has 138 valence electrons. The largest absolute Gasteiger partial charge is 0.493 e. The number of rotatable bonds is 6. The molecule has 0 aliphatic carbocycles. The number of carbonyl (C=O) groups is 1. The molecule has 0 radical (unpaired) electrons. The van der Waals surface area contributed by atoms with Crippen molar-refractivity contribution >= 4 is 11.6 Å². The smallest absolute Gasteiger partial charge is 0.289 e. The van der Waals surface area contributed by atoms with E-state index in [1.807, 2.05) is 43.3 Å². The van der Waals surface area contributed by atoms with Crippen molar-refractivity contribution in [3.05, 3.63) is 65.9 Å². The summed E-state index contributed by atoms with van der Waals surface area (Å²) in [5.74, 6) is 0.845. The average Bonchev–Trinajstić information content (AvgIpc) is 3.22. The number of nitrogens with zero attached hydrogens (tertiary/aromatic N) is 2. The summed E-state index contributed by atoms with van der Waals surface area (Å²) < 4.78 is 10.5. The zero-order valence-electron chi connectivity index (χ0n) is 15.3. The average molecular weight is 364 g/mol. The second-order valence-corrected chi connectivity index (χ2v) is 5.74. The van der Waals surface area contributed by atoms with Gasteiger partial charge >= 0.3 is 0 Å². The minimum Gasteiger partial charge on any atom is -0.493 e. The van der Waals surface area contributed by atoms with Gasteiger partial charge in [-0.1, -0.05) is 30.3 Å². The van der Waals surface area contributed by atoms with Crippen molar-refractivity contribution in [3.8, 4) is 22.8 Å². The molecule has 1 aromatic heterocycles. The molecule has 0 unspecified atom stereocenters. The van der Waals surface area contributed by atoms with E-state index in [1.54, 1.807) is 32.4 Å². The highest BCUT2D eigenvalue weighted by Crippen LogP contribution is 2.31. The monoisotopic (exact) mass is 364 g/mol. The number of amides is 1. The molecule has 1 amide bonds. The summed E-state index contributed by atoms with van der Waals surface area (Å²) in [5.41, 5.74) is 5.91. The first-order chi connectivity index (χ1) is 13.1. The Kier molecular flexibility index (Phi) is 5.51. The number of methoxy groups -OCH3 is 2. The summed E-state index contributed by atoms with van der Waals surface area (Å²) in [4.78, 5) is 12.3. The Morgan fingerprint density at radius 3 is 2.48 bits per heavy atom. The molecule has 0 bridgehead atoms. The highest BCUT2D eigenvalue weighted by molar-refractivity contribution is 6.00. The number of hydrogen-bond donors (Lipinski definition) is 2. The van der Waals surface area contributed by atoms with E-state index >= 15 is 0 Å². The number of H-pyrrole nitrogens is 1. The van der Waals surface area contributed by atoms with Crippen LogP contribution in [0.3, 0.4) is 0 Å². The molecule has 0 saturated carbocycles. The van der Waals surface area contributed by atoms with E-state index in [2.05, 4.69) is 20.7 Å². The van der Waals surface area contributed by atoms with Gasteiger partial charge in [-0.2, -0.15) is 10.2 Å². The van der Waals surface area contributed by atoms with Gasteiger partial charge in [-0.25, -0.2) is 5.43 Å². The van der Waals surface area contributed by atoms with Crippen LogP contribution in [-0.2, 0) is 0 Å². The zero-order chi connectivity index (χ0) is 19.2. The first kappa shape index (κ1) is 18.2. The lowest BCUT2D eigenvalue weighted by molar-refractivity contribution is 0.0950. The number of nitrogens with one attached hydrogen (secondary N) is 2. The molecule has 0 aliphatic rings. The third-order valence-corrected chi connectivity index (χ3v) is 4.02. The summed E-state index contributed by atoms with van der Waals surface area (Å²) in [6.07, 6.45) is 0. The topological polar surface area (TPSA) is 88.6 Å². The van der Waals surface area contributed by atoms with Crippen molar-refractivity contribution in [2.75, 3.05) is 14.2 Å². The summed E-state index contributed by atoms with van der Waals surface area (Å²) in [5, 5.41) is 11.1. The molecule has 0 saturated heterocycles. The Balaban J connectivity index is 1.74. The van der Waals surface area contributed by atoms with Gasteiger partial charge in [-0.05, 0) is 36.8 Å². The fourth-order valence-electron chi connectivity index (χ4n) is 2.52. The number of ether oxygens (including phenoxy) is 2. The quantitative estimate of drug-likeness (QED) is 0.519. The molecule has 0 spiro atoms. The van der Waals surface area contributed by atoms with Crippen LogP contribution in [0.4, 0.5) is 0 Å². The Morgan fingerprint density at radius 1 is 1.04 bits per heavy atom. The minimum atomic E-state index is -0.371. The van der Waals surface area contributed by atoms with Crippen LogP contribution in [0.5, 0.6) is 11.5 Å². The Morgan fingerprint density at radius 2 is 1.78 bits per heavy atom. The summed E-state index contributed by atoms with van der Waals surface area (Å²) in [6.45, 7) is 1.83. The number of benzene rings is 2. The fourth-order valence-corrected chi connectivity index (χ4v) is 2.52. The van der Waals surface area contributed by atoms with E-state index in [1.165, 1.54) is 0 Å². The maximum atomic E-state index is 12.3. The summed E-state index contributed by atoms with van der Waals surface area (Å²) in [6, 6.07) is 16.7. The Hall–Kier alpha value is -3.61. The van der Waals surface area contributed by atoms with Crippen molar-refractivity contribution < 1.29 is 14.3 Å². The number of hydrazone groups is 1. The van der Waals surface area contributed by atoms with E-state index in [-0.39, 0.29) is 5.91 Å². The maximum Gasteiger partial charge on any atom is 0.289 e. The Labute approximate surface area is 157 Å². The van der Waals surface area contributed by atoms with Crippen molar-refractivity contribution in [2.24, 2.45) is 5.10 Å². The standard InChI is InChI=1S/C20H20N4O3/c1-13(14-7-5-4-6-8-14)21-24-20(25)17-12-16(22-23-17)15-9-10-18(26-2)19(11-15)27-3/h4-12H,1-3H3,(H,22,23)(H,24,25)/b21-13-. The van der Waals surface area contributed by atoms with Gasteiger partial charge in [0, 0.05) is 5.56 Å². The van der Waals surface area contributed by atoms with Crippen LogP contribution in [0.2, 0.25) is 0 Å². The number of hydrogen-bond acceptors (Lipinski definition) is 5. The summed E-state index contributed by atoms with van der Waals surface area (Å²) in [7, 11) is 3.14. The van der Waals surface area contributed by atoms with Gasteiger partial charge in [-0.15, -0.1) is 0 Å². The van der Waals surface area contributed by atoms with Crippen LogP contribution in [0.15, 0.2) is 59.7 Å². The van der Waals surface area contributed by atoms with Gasteiger partial charge in [0.25, 0.3) is 5.91 Å². The molecule has 2 N–H and O–H groups in total. The van der Waals surface area contributed by atoms with Gasteiger partial charge in [0.2, 0.25) is 0 Å². The molecule has 3 aromatic rings. The third kappa shape index (κ3) is 4.14. The molecule has 7 nitrogen and oxygen atoms in total. The molecule has 2 aromatic carbocycles. The molecule has 0 fully saturated rings. The summed E-state index contributed by atoms with van der Waals surface area (Å²) >= 11 is 0. The first-order valence-electron chi connectivity index (χ1n) is 8.30. The number of carbonyl (C=O) groups excluding carboxylic acids is 1. The molecule has 3 rings (SSSR count). The molecule has 0 atom stereocenters. The van der Waals surface area contributed by atoms with Gasteiger partial charge in [0.15, 0.2) is 11.5 Å². The Bertz CT molecular complexity index is 964. The second-order valence-electron chi connectivity index (χ2n) is 5.74. The molecule has 7 heteroatoms. The lowest BCUT2D eigenvalue weighted by Gasteiger charge is -2.08. The predicted molar refractivity (Wildman–Crippen MR) is 103 cm³/mol. The normalized spacial score (nSPS) is 11.1. The van der Waals surface area contributed by atoms with Gasteiger partial charge in [0.1, 0.15) is 5.69 Å².